The maximum Gasteiger partial charge on any atom is 0.407 e. The number of fused-ring (bicyclic) bond motifs is 3. The second-order valence-corrected chi connectivity index (χ2v) is 7.71. The lowest BCUT2D eigenvalue weighted by molar-refractivity contribution is -0.121. The van der Waals surface area contributed by atoms with Gasteiger partial charge in [0.1, 0.15) is 12.2 Å². The molecular formula is C24H24N4O5. The number of aryl methyl sites for hydroxylation is 1. The molecule has 2 amide bonds. The number of ether oxygens (including phenoxy) is 1. The first-order chi connectivity index (χ1) is 16.0. The number of carboxylic acids is 1. The lowest BCUT2D eigenvalue weighted by atomic mass is 9.98. The van der Waals surface area contributed by atoms with Gasteiger partial charge in [0.25, 0.3) is 0 Å². The average molecular weight is 448 g/mol. The summed E-state index contributed by atoms with van der Waals surface area (Å²) in [7, 11) is 1.60. The fourth-order valence-corrected chi connectivity index (χ4v) is 4.05. The lowest BCUT2D eigenvalue weighted by Crippen LogP contribution is -2.32. The zero-order valence-electron chi connectivity index (χ0n) is 18.1. The van der Waals surface area contributed by atoms with Gasteiger partial charge in [0.15, 0.2) is 0 Å². The predicted octanol–water partition coefficient (Wildman–Crippen LogP) is 2.66. The number of amides is 2. The van der Waals surface area contributed by atoms with Crippen LogP contribution >= 0.6 is 0 Å². The number of aromatic carboxylic acids is 1. The number of carbonyl (C=O) groups excluding carboxylic acids is 2. The summed E-state index contributed by atoms with van der Waals surface area (Å²) in [6, 6.07) is 16.2. The van der Waals surface area contributed by atoms with Crippen molar-refractivity contribution in [1.82, 2.24) is 20.4 Å². The number of hydrogen-bond donors (Lipinski definition) is 3. The van der Waals surface area contributed by atoms with Crippen LogP contribution in [0.25, 0.3) is 11.1 Å². The van der Waals surface area contributed by atoms with Gasteiger partial charge in [0.05, 0.1) is 18.4 Å². The molecule has 0 saturated heterocycles. The van der Waals surface area contributed by atoms with Crippen LogP contribution in [0.4, 0.5) is 4.79 Å². The Morgan fingerprint density at radius 3 is 2.30 bits per heavy atom. The number of benzene rings is 2. The van der Waals surface area contributed by atoms with Crippen molar-refractivity contribution in [3.63, 3.8) is 0 Å². The number of nitrogens with one attached hydrogen (secondary N) is 2. The van der Waals surface area contributed by atoms with Gasteiger partial charge in [-0.1, -0.05) is 48.5 Å². The molecule has 1 aliphatic rings. The first kappa shape index (κ1) is 22.1. The monoisotopic (exact) mass is 448 g/mol. The highest BCUT2D eigenvalue weighted by molar-refractivity contribution is 5.88. The molecule has 33 heavy (non-hydrogen) atoms. The first-order valence-electron chi connectivity index (χ1n) is 10.6. The Hall–Kier alpha value is -4.14. The predicted molar refractivity (Wildman–Crippen MR) is 120 cm³/mol. The summed E-state index contributed by atoms with van der Waals surface area (Å²) >= 11 is 0. The van der Waals surface area contributed by atoms with Crippen molar-refractivity contribution in [2.75, 3.05) is 13.2 Å². The molecule has 1 heterocycles. The van der Waals surface area contributed by atoms with Gasteiger partial charge in [-0.25, -0.2) is 9.59 Å². The molecule has 0 saturated carbocycles. The fraction of sp³-hybridized carbons (Fsp3) is 0.250. The lowest BCUT2D eigenvalue weighted by Gasteiger charge is -2.14. The molecule has 1 aromatic heterocycles. The normalized spacial score (nSPS) is 12.0. The number of carbonyl (C=O) groups is 3. The van der Waals surface area contributed by atoms with Crippen LogP contribution in [0.1, 0.15) is 39.5 Å². The Labute approximate surface area is 190 Å². The standard InChI is InChI=1S/C24H24N4O5/c1-28-21(19(12-27-28)23(30)31)13-26-22(29)10-11-25-24(32)33-14-20-17-8-4-2-6-15(17)16-7-3-5-9-18(16)20/h2-9,12,20H,10-11,13-14H2,1H3,(H,25,32)(H,26,29)(H,30,31). The van der Waals surface area contributed by atoms with E-state index in [2.05, 4.69) is 27.9 Å². The van der Waals surface area contributed by atoms with Crippen molar-refractivity contribution in [2.45, 2.75) is 18.9 Å². The molecule has 4 rings (SSSR count). The van der Waals surface area contributed by atoms with Crippen molar-refractivity contribution >= 4 is 18.0 Å². The zero-order chi connectivity index (χ0) is 23.4. The largest absolute Gasteiger partial charge is 0.478 e. The molecule has 3 aromatic rings. The third-order valence-electron chi connectivity index (χ3n) is 5.71. The van der Waals surface area contributed by atoms with E-state index in [4.69, 9.17) is 9.84 Å². The van der Waals surface area contributed by atoms with Crippen LogP contribution in [0.5, 0.6) is 0 Å². The number of aromatic nitrogens is 2. The highest BCUT2D eigenvalue weighted by Crippen LogP contribution is 2.44. The minimum atomic E-state index is -1.11. The van der Waals surface area contributed by atoms with Gasteiger partial charge < -0.3 is 20.5 Å². The van der Waals surface area contributed by atoms with Gasteiger partial charge in [0.2, 0.25) is 5.91 Å². The Morgan fingerprint density at radius 1 is 1.03 bits per heavy atom. The molecular weight excluding hydrogens is 424 g/mol. The van der Waals surface area contributed by atoms with Gasteiger partial charge in [-0.05, 0) is 22.3 Å². The van der Waals surface area contributed by atoms with Crippen molar-refractivity contribution in [3.8, 4) is 11.1 Å². The van der Waals surface area contributed by atoms with Crippen molar-refractivity contribution < 1.29 is 24.2 Å². The molecule has 0 unspecified atom stereocenters. The third kappa shape index (κ3) is 4.72. The van der Waals surface area contributed by atoms with Gasteiger partial charge in [0, 0.05) is 25.9 Å². The highest BCUT2D eigenvalue weighted by atomic mass is 16.5. The summed E-state index contributed by atoms with van der Waals surface area (Å²) in [5, 5.41) is 18.3. The highest BCUT2D eigenvalue weighted by Gasteiger charge is 2.29. The van der Waals surface area contributed by atoms with Crippen LogP contribution in [0.2, 0.25) is 0 Å². The average Bonchev–Trinajstić information content (AvgIpc) is 3.34. The Bertz CT molecular complexity index is 1160. The van der Waals surface area contributed by atoms with E-state index >= 15 is 0 Å². The topological polar surface area (TPSA) is 123 Å². The Kier molecular flexibility index (Phi) is 6.39. The van der Waals surface area contributed by atoms with Crippen molar-refractivity contribution in [3.05, 3.63) is 77.1 Å². The molecule has 0 fully saturated rings. The van der Waals surface area contributed by atoms with Crippen LogP contribution in [-0.4, -0.2) is 46.0 Å². The summed E-state index contributed by atoms with van der Waals surface area (Å²) in [5.41, 5.74) is 4.98. The summed E-state index contributed by atoms with van der Waals surface area (Å²) in [4.78, 5) is 35.4. The van der Waals surface area contributed by atoms with E-state index in [0.717, 1.165) is 22.3 Å². The van der Waals surface area contributed by atoms with Gasteiger partial charge >= 0.3 is 12.1 Å². The number of rotatable bonds is 8. The number of nitrogens with zero attached hydrogens (tertiary/aromatic N) is 2. The quantitative estimate of drug-likeness (QED) is 0.487. The Balaban J connectivity index is 1.23. The van der Waals surface area contributed by atoms with E-state index in [1.807, 2.05) is 36.4 Å². The second kappa shape index (κ2) is 9.56. The van der Waals surface area contributed by atoms with Crippen LogP contribution in [0.15, 0.2) is 54.7 Å². The fourth-order valence-electron chi connectivity index (χ4n) is 4.05. The van der Waals surface area contributed by atoms with Crippen LogP contribution < -0.4 is 10.6 Å². The van der Waals surface area contributed by atoms with Gasteiger partial charge in [-0.15, -0.1) is 0 Å². The van der Waals surface area contributed by atoms with Crippen LogP contribution in [0, 0.1) is 0 Å². The summed E-state index contributed by atoms with van der Waals surface area (Å²) in [6.45, 7) is 0.326. The third-order valence-corrected chi connectivity index (χ3v) is 5.71. The van der Waals surface area contributed by atoms with Crippen molar-refractivity contribution in [1.29, 1.82) is 0 Å². The molecule has 0 aliphatic heterocycles. The molecule has 9 nitrogen and oxygen atoms in total. The molecule has 2 aromatic carbocycles. The van der Waals surface area contributed by atoms with Gasteiger partial charge in [-0.3, -0.25) is 9.48 Å². The summed E-state index contributed by atoms with van der Waals surface area (Å²) in [6.07, 6.45) is 0.678. The van der Waals surface area contributed by atoms with Crippen LogP contribution in [0.3, 0.4) is 0 Å². The molecule has 3 N–H and O–H groups in total. The zero-order valence-corrected chi connectivity index (χ0v) is 18.1. The van der Waals surface area contributed by atoms with E-state index in [1.54, 1.807) is 7.05 Å². The minimum absolute atomic E-state index is 0.0297. The number of hydrogen-bond acceptors (Lipinski definition) is 5. The summed E-state index contributed by atoms with van der Waals surface area (Å²) in [5.74, 6) is -1.47. The van der Waals surface area contributed by atoms with E-state index in [1.165, 1.54) is 10.9 Å². The molecule has 170 valence electrons. The molecule has 0 bridgehead atoms. The summed E-state index contributed by atoms with van der Waals surface area (Å²) < 4.78 is 6.84. The minimum Gasteiger partial charge on any atom is -0.478 e. The van der Waals surface area contributed by atoms with E-state index < -0.39 is 12.1 Å². The maximum absolute atomic E-state index is 12.2. The number of alkyl carbamates (subject to hydrolysis) is 1. The molecule has 0 spiro atoms. The SMILES string of the molecule is Cn1ncc(C(=O)O)c1CNC(=O)CCNC(=O)OCC1c2ccccc2-c2ccccc21. The first-order valence-corrected chi connectivity index (χ1v) is 10.6. The second-order valence-electron chi connectivity index (χ2n) is 7.71. The smallest absolute Gasteiger partial charge is 0.407 e. The van der Waals surface area contributed by atoms with E-state index in [9.17, 15) is 14.4 Å². The number of carboxylic acid groups (broad SMARTS) is 1. The van der Waals surface area contributed by atoms with E-state index in [-0.39, 0.29) is 43.5 Å². The van der Waals surface area contributed by atoms with E-state index in [0.29, 0.717) is 5.69 Å². The van der Waals surface area contributed by atoms with Crippen LogP contribution in [-0.2, 0) is 23.1 Å². The molecule has 9 heteroatoms. The molecule has 0 radical (unpaired) electrons. The van der Waals surface area contributed by atoms with Gasteiger partial charge in [-0.2, -0.15) is 5.10 Å². The Morgan fingerprint density at radius 2 is 1.67 bits per heavy atom. The molecule has 0 atom stereocenters. The molecule has 1 aliphatic carbocycles. The maximum atomic E-state index is 12.2. The van der Waals surface area contributed by atoms with Crippen molar-refractivity contribution in [2.24, 2.45) is 7.05 Å².